The molecule has 1 fully saturated rings. The molecule has 2 N–H and O–H groups in total. The lowest BCUT2D eigenvalue weighted by Gasteiger charge is -2.33. The third-order valence-electron chi connectivity index (χ3n) is 4.73. The Hall–Kier alpha value is -2.09. The number of nitrogens with zero attached hydrogens (tertiary/aromatic N) is 4. The van der Waals surface area contributed by atoms with Crippen LogP contribution >= 0.6 is 11.3 Å². The fourth-order valence-electron chi connectivity index (χ4n) is 2.99. The standard InChI is InChI=1S/C17H28N6O5S2/c1-21(2)30(27,28)22(3)10-15(24)23-8-4-5-13(9-23)16(25)18-6-7-19-17(26)14-11-29-12-20-14/h11-13H,4-10H2,1-3H3,(H,18,25)(H,19,26). The molecule has 1 saturated heterocycles. The Morgan fingerprint density at radius 2 is 1.93 bits per heavy atom. The second-order valence-corrected chi connectivity index (χ2v) is 10.1. The number of likely N-dealkylation sites (tertiary alicyclic amines) is 1. The largest absolute Gasteiger partial charge is 0.354 e. The van der Waals surface area contributed by atoms with E-state index in [4.69, 9.17) is 0 Å². The van der Waals surface area contributed by atoms with Crippen LogP contribution < -0.4 is 10.6 Å². The van der Waals surface area contributed by atoms with E-state index in [0.717, 1.165) is 8.61 Å². The van der Waals surface area contributed by atoms with Crippen LogP contribution in [0.4, 0.5) is 0 Å². The van der Waals surface area contributed by atoms with Crippen molar-refractivity contribution in [2.75, 3.05) is 53.9 Å². The summed E-state index contributed by atoms with van der Waals surface area (Å²) < 4.78 is 26.2. The smallest absolute Gasteiger partial charge is 0.281 e. The lowest BCUT2D eigenvalue weighted by molar-refractivity contribution is -0.135. The number of hydrogen-bond acceptors (Lipinski definition) is 7. The molecular weight excluding hydrogens is 432 g/mol. The molecule has 1 aromatic heterocycles. The second kappa shape index (κ2) is 10.8. The van der Waals surface area contributed by atoms with Crippen LogP contribution in [0.2, 0.25) is 0 Å². The van der Waals surface area contributed by atoms with Crippen LogP contribution in [0.5, 0.6) is 0 Å². The van der Waals surface area contributed by atoms with Gasteiger partial charge in [-0.2, -0.15) is 17.0 Å². The summed E-state index contributed by atoms with van der Waals surface area (Å²) in [5, 5.41) is 7.09. The third kappa shape index (κ3) is 6.45. The van der Waals surface area contributed by atoms with E-state index in [1.54, 1.807) is 10.9 Å². The monoisotopic (exact) mass is 460 g/mol. The first-order valence-electron chi connectivity index (χ1n) is 9.48. The molecule has 1 aromatic rings. The molecule has 13 heteroatoms. The SMILES string of the molecule is CN(C)S(=O)(=O)N(C)CC(=O)N1CCCC(C(=O)NCCNC(=O)c2cscn2)C1. The molecule has 0 radical (unpaired) electrons. The molecule has 3 amide bonds. The maximum absolute atomic E-state index is 12.5. The molecule has 11 nitrogen and oxygen atoms in total. The molecule has 0 bridgehead atoms. The van der Waals surface area contributed by atoms with Crippen molar-refractivity contribution < 1.29 is 22.8 Å². The predicted octanol–water partition coefficient (Wildman–Crippen LogP) is -1.03. The molecule has 2 heterocycles. The molecule has 30 heavy (non-hydrogen) atoms. The van der Waals surface area contributed by atoms with Crippen LogP contribution in [0.1, 0.15) is 23.3 Å². The maximum Gasteiger partial charge on any atom is 0.281 e. The van der Waals surface area contributed by atoms with Crippen LogP contribution in [-0.4, -0.2) is 98.5 Å². The predicted molar refractivity (Wildman–Crippen MR) is 112 cm³/mol. The number of rotatable bonds is 9. The van der Waals surface area contributed by atoms with Crippen LogP contribution in [0, 0.1) is 5.92 Å². The average Bonchev–Trinajstić information content (AvgIpc) is 3.25. The molecule has 1 aliphatic heterocycles. The molecule has 0 aromatic carbocycles. The highest BCUT2D eigenvalue weighted by molar-refractivity contribution is 7.86. The van der Waals surface area contributed by atoms with Gasteiger partial charge in [0.15, 0.2) is 0 Å². The van der Waals surface area contributed by atoms with Crippen molar-refractivity contribution in [3.05, 3.63) is 16.6 Å². The van der Waals surface area contributed by atoms with Gasteiger partial charge in [0.1, 0.15) is 5.69 Å². The van der Waals surface area contributed by atoms with E-state index in [9.17, 15) is 22.8 Å². The van der Waals surface area contributed by atoms with Gasteiger partial charge in [0.25, 0.3) is 16.1 Å². The Kier molecular flexibility index (Phi) is 8.70. The Labute approximate surface area is 180 Å². The van der Waals surface area contributed by atoms with Gasteiger partial charge in [0.2, 0.25) is 11.8 Å². The van der Waals surface area contributed by atoms with Gasteiger partial charge in [-0.05, 0) is 12.8 Å². The van der Waals surface area contributed by atoms with Crippen molar-refractivity contribution >= 4 is 39.3 Å². The number of thiazole rings is 1. The number of piperidine rings is 1. The van der Waals surface area contributed by atoms with Gasteiger partial charge in [-0.1, -0.05) is 0 Å². The van der Waals surface area contributed by atoms with Gasteiger partial charge in [-0.3, -0.25) is 14.4 Å². The molecule has 0 spiro atoms. The molecular formula is C17H28N6O5S2. The van der Waals surface area contributed by atoms with Crippen molar-refractivity contribution in [1.82, 2.24) is 29.1 Å². The normalized spacial score (nSPS) is 17.2. The van der Waals surface area contributed by atoms with Crippen LogP contribution in [0.3, 0.4) is 0 Å². The zero-order valence-electron chi connectivity index (χ0n) is 17.3. The first kappa shape index (κ1) is 24.2. The minimum absolute atomic E-state index is 0.190. The Morgan fingerprint density at radius 1 is 1.23 bits per heavy atom. The highest BCUT2D eigenvalue weighted by atomic mass is 32.2. The minimum Gasteiger partial charge on any atom is -0.354 e. The molecule has 1 unspecified atom stereocenters. The quantitative estimate of drug-likeness (QED) is 0.453. The maximum atomic E-state index is 12.5. The topological polar surface area (TPSA) is 132 Å². The number of amides is 3. The third-order valence-corrected chi connectivity index (χ3v) is 7.16. The fourth-order valence-corrected chi connectivity index (χ4v) is 4.35. The zero-order valence-corrected chi connectivity index (χ0v) is 19.0. The number of carbonyl (C=O) groups is 3. The van der Waals surface area contributed by atoms with E-state index in [1.165, 1.54) is 37.4 Å². The Bertz CT molecular complexity index is 843. The van der Waals surface area contributed by atoms with E-state index in [-0.39, 0.29) is 49.8 Å². The van der Waals surface area contributed by atoms with Gasteiger partial charge < -0.3 is 15.5 Å². The van der Waals surface area contributed by atoms with Crippen LogP contribution in [-0.2, 0) is 19.8 Å². The number of hydrogen-bond donors (Lipinski definition) is 2. The summed E-state index contributed by atoms with van der Waals surface area (Å²) in [5.41, 5.74) is 1.91. The Balaban J connectivity index is 1.77. The zero-order chi connectivity index (χ0) is 22.3. The minimum atomic E-state index is -3.68. The van der Waals surface area contributed by atoms with Gasteiger partial charge in [-0.25, -0.2) is 4.98 Å². The van der Waals surface area contributed by atoms with Crippen LogP contribution in [0.25, 0.3) is 0 Å². The van der Waals surface area contributed by atoms with E-state index in [2.05, 4.69) is 15.6 Å². The van der Waals surface area contributed by atoms with E-state index >= 15 is 0 Å². The summed E-state index contributed by atoms with van der Waals surface area (Å²) in [4.78, 5) is 42.2. The summed E-state index contributed by atoms with van der Waals surface area (Å²) in [5.74, 6) is -1.19. The van der Waals surface area contributed by atoms with Crippen molar-refractivity contribution in [2.45, 2.75) is 12.8 Å². The lowest BCUT2D eigenvalue weighted by atomic mass is 9.97. The molecule has 168 valence electrons. The molecule has 1 aliphatic rings. The van der Waals surface area contributed by atoms with Gasteiger partial charge in [-0.15, -0.1) is 11.3 Å². The van der Waals surface area contributed by atoms with Gasteiger partial charge in [0.05, 0.1) is 18.0 Å². The summed E-state index contributed by atoms with van der Waals surface area (Å²) in [7, 11) is 0.471. The van der Waals surface area contributed by atoms with Gasteiger partial charge >= 0.3 is 0 Å². The number of likely N-dealkylation sites (N-methyl/N-ethyl adjacent to an activating group) is 1. The summed E-state index contributed by atoms with van der Waals surface area (Å²) in [6, 6.07) is 0. The number of aromatic nitrogens is 1. The summed E-state index contributed by atoms with van der Waals surface area (Å²) >= 11 is 1.33. The number of carbonyl (C=O) groups excluding carboxylic acids is 3. The Morgan fingerprint density at radius 3 is 2.57 bits per heavy atom. The summed E-state index contributed by atoms with van der Waals surface area (Å²) in [6.45, 7) is 0.985. The van der Waals surface area contributed by atoms with Crippen LogP contribution in [0.15, 0.2) is 10.9 Å². The van der Waals surface area contributed by atoms with E-state index < -0.39 is 10.2 Å². The highest BCUT2D eigenvalue weighted by Gasteiger charge is 2.30. The molecule has 1 atom stereocenters. The first-order chi connectivity index (χ1) is 14.1. The summed E-state index contributed by atoms with van der Waals surface area (Å²) in [6.07, 6.45) is 1.31. The highest BCUT2D eigenvalue weighted by Crippen LogP contribution is 2.17. The van der Waals surface area contributed by atoms with Crippen molar-refractivity contribution in [1.29, 1.82) is 0 Å². The second-order valence-electron chi connectivity index (χ2n) is 7.15. The molecule has 2 rings (SSSR count). The number of nitrogens with one attached hydrogen (secondary N) is 2. The van der Waals surface area contributed by atoms with Crippen molar-refractivity contribution in [2.24, 2.45) is 5.92 Å². The fraction of sp³-hybridized carbons (Fsp3) is 0.647. The first-order valence-corrected chi connectivity index (χ1v) is 11.8. The molecule has 0 aliphatic carbocycles. The molecule has 0 saturated carbocycles. The van der Waals surface area contributed by atoms with Crippen molar-refractivity contribution in [3.63, 3.8) is 0 Å². The van der Waals surface area contributed by atoms with Crippen molar-refractivity contribution in [3.8, 4) is 0 Å². The lowest BCUT2D eigenvalue weighted by Crippen LogP contribution is -2.50. The van der Waals surface area contributed by atoms with E-state index in [0.29, 0.717) is 25.1 Å². The van der Waals surface area contributed by atoms with Gasteiger partial charge in [0, 0.05) is 52.7 Å². The van der Waals surface area contributed by atoms with E-state index in [1.807, 2.05) is 0 Å². The average molecular weight is 461 g/mol.